The number of carbonyl (C=O) groups excluding carboxylic acids is 2. The van der Waals surface area contributed by atoms with Crippen LogP contribution in [0.2, 0.25) is 0 Å². The minimum atomic E-state index is -1.33. The van der Waals surface area contributed by atoms with E-state index in [2.05, 4.69) is 16.1 Å². The first kappa shape index (κ1) is 11.5. The number of carbonyl (C=O) groups is 2. The molecule has 0 amide bonds. The van der Waals surface area contributed by atoms with Crippen molar-refractivity contribution < 1.29 is 19.1 Å². The van der Waals surface area contributed by atoms with Crippen LogP contribution in [0.25, 0.3) is 0 Å². The van der Waals surface area contributed by atoms with E-state index in [-0.39, 0.29) is 6.42 Å². The summed E-state index contributed by atoms with van der Waals surface area (Å²) in [5, 5.41) is 0. The van der Waals surface area contributed by atoms with Gasteiger partial charge in [0, 0.05) is 6.42 Å². The van der Waals surface area contributed by atoms with Gasteiger partial charge in [-0.25, -0.2) is 0 Å². The first-order valence-corrected chi connectivity index (χ1v) is 4.52. The number of rotatable bonds is 2. The first-order chi connectivity index (χ1) is 6.97. The lowest BCUT2D eigenvalue weighted by molar-refractivity contribution is -0.164. The van der Waals surface area contributed by atoms with Gasteiger partial charge in [0.25, 0.3) is 0 Å². The summed E-state index contributed by atoms with van der Waals surface area (Å²) in [6.45, 7) is 5.58. The van der Waals surface area contributed by atoms with Crippen LogP contribution >= 0.6 is 0 Å². The summed E-state index contributed by atoms with van der Waals surface area (Å²) < 4.78 is 9.26. The molecule has 4 nitrogen and oxygen atoms in total. The summed E-state index contributed by atoms with van der Waals surface area (Å²) >= 11 is 0. The zero-order valence-electron chi connectivity index (χ0n) is 9.12. The molecule has 15 heavy (non-hydrogen) atoms. The summed E-state index contributed by atoms with van der Waals surface area (Å²) in [5.41, 5.74) is 0.251. The van der Waals surface area contributed by atoms with Crippen LogP contribution in [0.4, 0.5) is 0 Å². The molecule has 0 bridgehead atoms. The second-order valence-electron chi connectivity index (χ2n) is 3.56. The highest BCUT2D eigenvalue weighted by molar-refractivity contribution is 6.03. The molecule has 0 saturated carbocycles. The van der Waals surface area contributed by atoms with Crippen molar-refractivity contribution in [1.82, 2.24) is 0 Å². The molecule has 0 fully saturated rings. The molecule has 0 aliphatic heterocycles. The van der Waals surface area contributed by atoms with Gasteiger partial charge >= 0.3 is 11.9 Å². The third-order valence-electron chi connectivity index (χ3n) is 2.61. The maximum Gasteiger partial charge on any atom is 0.327 e. The molecular formula is C11H14O4. The molecule has 0 spiro atoms. The molecule has 1 rings (SSSR count). The average molecular weight is 210 g/mol. The maximum atomic E-state index is 11.6. The van der Waals surface area contributed by atoms with Gasteiger partial charge in [0.1, 0.15) is 0 Å². The van der Waals surface area contributed by atoms with Gasteiger partial charge in [-0.2, -0.15) is 0 Å². The Labute approximate surface area is 88.6 Å². The molecule has 0 heterocycles. The van der Waals surface area contributed by atoms with Crippen molar-refractivity contribution in [3.05, 3.63) is 23.8 Å². The van der Waals surface area contributed by atoms with Gasteiger partial charge < -0.3 is 9.47 Å². The van der Waals surface area contributed by atoms with Gasteiger partial charge in [-0.05, 0) is 6.92 Å². The molecule has 0 aromatic carbocycles. The summed E-state index contributed by atoms with van der Waals surface area (Å²) in [6.07, 6.45) is 1.80. The van der Waals surface area contributed by atoms with Crippen molar-refractivity contribution in [2.45, 2.75) is 13.3 Å². The Morgan fingerprint density at radius 3 is 2.07 bits per heavy atom. The lowest BCUT2D eigenvalue weighted by atomic mass is 9.87. The van der Waals surface area contributed by atoms with E-state index in [1.165, 1.54) is 14.2 Å². The highest BCUT2D eigenvalue weighted by Crippen LogP contribution is 2.40. The van der Waals surface area contributed by atoms with Crippen LogP contribution in [-0.2, 0) is 19.1 Å². The molecule has 1 aliphatic carbocycles. The van der Waals surface area contributed by atoms with Crippen LogP contribution in [0.5, 0.6) is 0 Å². The van der Waals surface area contributed by atoms with Gasteiger partial charge in [0.15, 0.2) is 5.41 Å². The number of methoxy groups -OCH3 is 2. The van der Waals surface area contributed by atoms with Crippen LogP contribution in [0.3, 0.4) is 0 Å². The molecule has 82 valence electrons. The van der Waals surface area contributed by atoms with E-state index in [1.807, 2.05) is 0 Å². The molecule has 0 aromatic heterocycles. The molecule has 0 radical (unpaired) electrons. The van der Waals surface area contributed by atoms with E-state index in [4.69, 9.17) is 0 Å². The number of hydrogen-bond acceptors (Lipinski definition) is 4. The van der Waals surface area contributed by atoms with Crippen LogP contribution in [-0.4, -0.2) is 26.2 Å². The molecular weight excluding hydrogens is 196 g/mol. The fraction of sp³-hybridized carbons (Fsp3) is 0.455. The average Bonchev–Trinajstić information content (AvgIpc) is 2.54. The van der Waals surface area contributed by atoms with E-state index in [0.717, 1.165) is 11.1 Å². The van der Waals surface area contributed by atoms with Crippen molar-refractivity contribution in [3.8, 4) is 0 Å². The van der Waals surface area contributed by atoms with Crippen molar-refractivity contribution in [3.63, 3.8) is 0 Å². The third-order valence-corrected chi connectivity index (χ3v) is 2.61. The van der Waals surface area contributed by atoms with E-state index in [0.29, 0.717) is 0 Å². The third kappa shape index (κ3) is 1.67. The largest absolute Gasteiger partial charge is 0.468 e. The minimum Gasteiger partial charge on any atom is -0.468 e. The van der Waals surface area contributed by atoms with E-state index in [1.54, 1.807) is 13.0 Å². The van der Waals surface area contributed by atoms with Crippen molar-refractivity contribution >= 4 is 11.9 Å². The zero-order chi connectivity index (χ0) is 11.6. The Morgan fingerprint density at radius 1 is 1.33 bits per heavy atom. The molecule has 0 aromatic rings. The van der Waals surface area contributed by atoms with Gasteiger partial charge in [-0.3, -0.25) is 9.59 Å². The quantitative estimate of drug-likeness (QED) is 0.508. The lowest BCUT2D eigenvalue weighted by Gasteiger charge is -2.20. The lowest BCUT2D eigenvalue weighted by Crippen LogP contribution is -2.38. The van der Waals surface area contributed by atoms with E-state index >= 15 is 0 Å². The van der Waals surface area contributed by atoms with Crippen LogP contribution in [0.15, 0.2) is 23.8 Å². The monoisotopic (exact) mass is 210 g/mol. The van der Waals surface area contributed by atoms with Crippen molar-refractivity contribution in [2.75, 3.05) is 14.2 Å². The molecule has 0 saturated heterocycles. The van der Waals surface area contributed by atoms with E-state index in [9.17, 15) is 9.59 Å². The molecule has 0 unspecified atom stereocenters. The smallest absolute Gasteiger partial charge is 0.327 e. The maximum absolute atomic E-state index is 11.6. The van der Waals surface area contributed by atoms with Crippen LogP contribution in [0.1, 0.15) is 13.3 Å². The number of hydrogen-bond donors (Lipinski definition) is 0. The summed E-state index contributed by atoms with van der Waals surface area (Å²) in [4.78, 5) is 23.2. The zero-order valence-corrected chi connectivity index (χ0v) is 9.12. The summed E-state index contributed by atoms with van der Waals surface area (Å²) in [5.74, 6) is -1.21. The number of esters is 2. The standard InChI is InChI=1S/C11H14O4/c1-7-5-11(6-8(7)2,9(12)14-3)10(13)15-4/h6H,1,5H2,2-4H3. The second-order valence-corrected chi connectivity index (χ2v) is 3.56. The first-order valence-electron chi connectivity index (χ1n) is 4.52. The fourth-order valence-electron chi connectivity index (χ4n) is 1.71. The number of allylic oxidation sites excluding steroid dienone is 2. The van der Waals surface area contributed by atoms with E-state index < -0.39 is 17.4 Å². The summed E-state index contributed by atoms with van der Waals surface area (Å²) in [7, 11) is 2.49. The highest BCUT2D eigenvalue weighted by Gasteiger charge is 2.50. The Bertz CT molecular complexity index is 336. The highest BCUT2D eigenvalue weighted by atomic mass is 16.5. The normalized spacial score (nSPS) is 18.3. The Morgan fingerprint density at radius 2 is 1.80 bits per heavy atom. The van der Waals surface area contributed by atoms with Gasteiger partial charge in [0.2, 0.25) is 0 Å². The van der Waals surface area contributed by atoms with Crippen molar-refractivity contribution in [1.29, 1.82) is 0 Å². The van der Waals surface area contributed by atoms with Crippen LogP contribution < -0.4 is 0 Å². The Balaban J connectivity index is 3.17. The Kier molecular flexibility index (Phi) is 2.98. The molecule has 0 N–H and O–H groups in total. The predicted molar refractivity (Wildman–Crippen MR) is 54.0 cm³/mol. The molecule has 4 heteroatoms. The predicted octanol–water partition coefficient (Wildman–Crippen LogP) is 1.22. The second kappa shape index (κ2) is 3.88. The SMILES string of the molecule is C=C1CC(C(=O)OC)(C(=O)OC)C=C1C. The molecule has 0 atom stereocenters. The topological polar surface area (TPSA) is 52.6 Å². The Hall–Kier alpha value is -1.58. The fourth-order valence-corrected chi connectivity index (χ4v) is 1.71. The van der Waals surface area contributed by atoms with Crippen molar-refractivity contribution in [2.24, 2.45) is 5.41 Å². The van der Waals surface area contributed by atoms with Gasteiger partial charge in [-0.1, -0.05) is 23.8 Å². The van der Waals surface area contributed by atoms with Crippen LogP contribution in [0, 0.1) is 5.41 Å². The number of ether oxygens (including phenoxy) is 2. The minimum absolute atomic E-state index is 0.234. The van der Waals surface area contributed by atoms with Gasteiger partial charge in [-0.15, -0.1) is 0 Å². The molecule has 1 aliphatic rings. The summed E-state index contributed by atoms with van der Waals surface area (Å²) in [6, 6.07) is 0. The van der Waals surface area contributed by atoms with Gasteiger partial charge in [0.05, 0.1) is 14.2 Å².